The van der Waals surface area contributed by atoms with E-state index in [1.54, 1.807) is 31.6 Å². The van der Waals surface area contributed by atoms with Crippen LogP contribution in [0, 0.1) is 0 Å². The van der Waals surface area contributed by atoms with Gasteiger partial charge in [-0.2, -0.15) is 0 Å². The number of para-hydroxylation sites is 1. The highest BCUT2D eigenvalue weighted by Crippen LogP contribution is 2.20. The highest BCUT2D eigenvalue weighted by atomic mass is 16.5. The van der Waals surface area contributed by atoms with Gasteiger partial charge in [0.2, 0.25) is 0 Å². The minimum Gasteiger partial charge on any atom is -0.496 e. The number of nitrogens with zero attached hydrogens (tertiary/aromatic N) is 2. The van der Waals surface area contributed by atoms with Crippen LogP contribution < -0.4 is 4.74 Å². The average molecular weight is 278 g/mol. The fourth-order valence-electron chi connectivity index (χ4n) is 2.26. The molecule has 21 heavy (non-hydrogen) atoms. The maximum atomic E-state index is 12.4. The van der Waals surface area contributed by atoms with Crippen LogP contribution in [-0.4, -0.2) is 22.9 Å². The van der Waals surface area contributed by atoms with Gasteiger partial charge >= 0.3 is 0 Å². The molecular formula is C17H14N2O2. The van der Waals surface area contributed by atoms with Crippen molar-refractivity contribution in [3.8, 4) is 5.75 Å². The van der Waals surface area contributed by atoms with Crippen LogP contribution in [0.1, 0.15) is 15.9 Å². The minimum atomic E-state index is 0.0343. The molecule has 3 rings (SSSR count). The van der Waals surface area contributed by atoms with Crippen LogP contribution in [0.4, 0.5) is 0 Å². The Kier molecular flexibility index (Phi) is 3.60. The van der Waals surface area contributed by atoms with Crippen molar-refractivity contribution in [2.75, 3.05) is 7.11 Å². The van der Waals surface area contributed by atoms with Crippen molar-refractivity contribution >= 4 is 16.8 Å². The zero-order valence-corrected chi connectivity index (χ0v) is 11.6. The van der Waals surface area contributed by atoms with E-state index in [1.165, 1.54) is 0 Å². The molecule has 0 unspecified atom stereocenters. The number of rotatable bonds is 4. The zero-order valence-electron chi connectivity index (χ0n) is 11.6. The summed E-state index contributed by atoms with van der Waals surface area (Å²) in [6.45, 7) is 0. The van der Waals surface area contributed by atoms with Crippen LogP contribution >= 0.6 is 0 Å². The van der Waals surface area contributed by atoms with E-state index >= 15 is 0 Å². The van der Waals surface area contributed by atoms with E-state index in [9.17, 15) is 4.79 Å². The largest absolute Gasteiger partial charge is 0.496 e. The quantitative estimate of drug-likeness (QED) is 0.688. The molecule has 0 bridgehead atoms. The predicted octanol–water partition coefficient (Wildman–Crippen LogP) is 3.06. The number of ketones is 1. The van der Waals surface area contributed by atoms with E-state index in [0.29, 0.717) is 12.0 Å². The summed E-state index contributed by atoms with van der Waals surface area (Å²) in [6.07, 6.45) is 3.56. The molecule has 0 fully saturated rings. The average Bonchev–Trinajstić information content (AvgIpc) is 2.55. The second kappa shape index (κ2) is 5.71. The maximum absolute atomic E-state index is 12.4. The second-order valence-electron chi connectivity index (χ2n) is 4.67. The first kappa shape index (κ1) is 13.2. The van der Waals surface area contributed by atoms with E-state index in [1.807, 2.05) is 30.3 Å². The number of methoxy groups -OCH3 is 1. The van der Waals surface area contributed by atoms with Crippen LogP contribution in [-0.2, 0) is 6.42 Å². The van der Waals surface area contributed by atoms with Crippen LogP contribution in [0.5, 0.6) is 5.75 Å². The first-order valence-electron chi connectivity index (χ1n) is 6.64. The summed E-state index contributed by atoms with van der Waals surface area (Å²) in [5, 5.41) is 0. The Morgan fingerprint density at radius 3 is 2.62 bits per heavy atom. The first-order valence-corrected chi connectivity index (χ1v) is 6.64. The van der Waals surface area contributed by atoms with Gasteiger partial charge in [-0.1, -0.05) is 18.2 Å². The molecule has 4 nitrogen and oxygen atoms in total. The van der Waals surface area contributed by atoms with Crippen molar-refractivity contribution in [1.29, 1.82) is 0 Å². The predicted molar refractivity (Wildman–Crippen MR) is 80.6 cm³/mol. The number of ether oxygens (including phenoxy) is 1. The van der Waals surface area contributed by atoms with Gasteiger partial charge in [-0.25, -0.2) is 0 Å². The SMILES string of the molecule is COc1ccccc1CC(=O)c1ccc2nccnc2c1. The standard InChI is InChI=1S/C17H14N2O2/c1-21-17-5-3-2-4-13(17)11-16(20)12-6-7-14-15(10-12)19-9-8-18-14/h2-10H,11H2,1H3. The number of carbonyl (C=O) groups is 1. The summed E-state index contributed by atoms with van der Waals surface area (Å²) in [6, 6.07) is 12.9. The van der Waals surface area contributed by atoms with Gasteiger partial charge < -0.3 is 4.74 Å². The Morgan fingerprint density at radius 1 is 1.05 bits per heavy atom. The molecule has 0 atom stereocenters. The zero-order chi connectivity index (χ0) is 14.7. The molecule has 104 valence electrons. The van der Waals surface area contributed by atoms with Crippen LogP contribution in [0.2, 0.25) is 0 Å². The number of hydrogen-bond acceptors (Lipinski definition) is 4. The van der Waals surface area contributed by atoms with Gasteiger partial charge in [-0.15, -0.1) is 0 Å². The van der Waals surface area contributed by atoms with Gasteiger partial charge in [0.05, 0.1) is 18.1 Å². The van der Waals surface area contributed by atoms with Crippen LogP contribution in [0.15, 0.2) is 54.9 Å². The fraction of sp³-hybridized carbons (Fsp3) is 0.118. The summed E-state index contributed by atoms with van der Waals surface area (Å²) < 4.78 is 5.28. The molecule has 1 aromatic heterocycles. The van der Waals surface area contributed by atoms with Crippen molar-refractivity contribution < 1.29 is 9.53 Å². The van der Waals surface area contributed by atoms with Crippen LogP contribution in [0.3, 0.4) is 0 Å². The summed E-state index contributed by atoms with van der Waals surface area (Å²) >= 11 is 0. The van der Waals surface area contributed by atoms with Gasteiger partial charge in [-0.3, -0.25) is 14.8 Å². The minimum absolute atomic E-state index is 0.0343. The summed E-state index contributed by atoms with van der Waals surface area (Å²) in [4.78, 5) is 20.8. The van der Waals surface area contributed by atoms with Crippen molar-refractivity contribution in [3.05, 3.63) is 66.0 Å². The molecule has 0 aliphatic carbocycles. The molecule has 1 heterocycles. The molecule has 0 aliphatic heterocycles. The number of benzene rings is 2. The van der Waals surface area contributed by atoms with Gasteiger partial charge in [-0.05, 0) is 24.3 Å². The van der Waals surface area contributed by atoms with Gasteiger partial charge in [0.1, 0.15) is 5.75 Å². The topological polar surface area (TPSA) is 52.1 Å². The number of Topliss-reactive ketones (excluding diaryl/α,β-unsaturated/α-hetero) is 1. The fourth-order valence-corrected chi connectivity index (χ4v) is 2.26. The highest BCUT2D eigenvalue weighted by Gasteiger charge is 2.11. The second-order valence-corrected chi connectivity index (χ2v) is 4.67. The molecule has 0 spiro atoms. The number of carbonyl (C=O) groups excluding carboxylic acids is 1. The number of fused-ring (bicyclic) bond motifs is 1. The summed E-state index contributed by atoms with van der Waals surface area (Å²) in [7, 11) is 1.61. The van der Waals surface area contributed by atoms with Crippen molar-refractivity contribution in [1.82, 2.24) is 9.97 Å². The summed E-state index contributed by atoms with van der Waals surface area (Å²) in [5.74, 6) is 0.762. The van der Waals surface area contributed by atoms with Crippen LogP contribution in [0.25, 0.3) is 11.0 Å². The lowest BCUT2D eigenvalue weighted by molar-refractivity contribution is 0.0992. The third-order valence-corrected chi connectivity index (χ3v) is 3.33. The van der Waals surface area contributed by atoms with E-state index in [4.69, 9.17) is 4.74 Å². The number of hydrogen-bond donors (Lipinski definition) is 0. The van der Waals surface area contributed by atoms with Crippen molar-refractivity contribution in [2.45, 2.75) is 6.42 Å². The molecule has 0 radical (unpaired) electrons. The third-order valence-electron chi connectivity index (χ3n) is 3.33. The highest BCUT2D eigenvalue weighted by molar-refractivity contribution is 6.00. The molecule has 2 aromatic carbocycles. The Balaban J connectivity index is 1.90. The smallest absolute Gasteiger partial charge is 0.167 e. The third kappa shape index (κ3) is 2.74. The molecular weight excluding hydrogens is 264 g/mol. The molecule has 0 saturated carbocycles. The lowest BCUT2D eigenvalue weighted by Gasteiger charge is -2.07. The van der Waals surface area contributed by atoms with E-state index in [2.05, 4.69) is 9.97 Å². The van der Waals surface area contributed by atoms with Gasteiger partial charge in [0.25, 0.3) is 0 Å². The first-order chi connectivity index (χ1) is 10.3. The Hall–Kier alpha value is -2.75. The molecule has 0 N–H and O–H groups in total. The molecule has 0 amide bonds. The molecule has 0 saturated heterocycles. The van der Waals surface area contributed by atoms with Gasteiger partial charge in [0.15, 0.2) is 5.78 Å². The van der Waals surface area contributed by atoms with E-state index < -0.39 is 0 Å². The Morgan fingerprint density at radius 2 is 1.81 bits per heavy atom. The Bertz CT molecular complexity index is 799. The molecule has 3 aromatic rings. The van der Waals surface area contributed by atoms with Crippen molar-refractivity contribution in [3.63, 3.8) is 0 Å². The van der Waals surface area contributed by atoms with E-state index in [-0.39, 0.29) is 5.78 Å². The number of aromatic nitrogens is 2. The molecule has 4 heteroatoms. The summed E-state index contributed by atoms with van der Waals surface area (Å²) in [5.41, 5.74) is 3.02. The Labute approximate surface area is 122 Å². The maximum Gasteiger partial charge on any atom is 0.167 e. The monoisotopic (exact) mass is 278 g/mol. The molecule has 0 aliphatic rings. The van der Waals surface area contributed by atoms with E-state index in [0.717, 1.165) is 22.3 Å². The lowest BCUT2D eigenvalue weighted by atomic mass is 10.0. The normalized spacial score (nSPS) is 10.5. The lowest BCUT2D eigenvalue weighted by Crippen LogP contribution is -2.05. The van der Waals surface area contributed by atoms with Crippen molar-refractivity contribution in [2.24, 2.45) is 0 Å². The van der Waals surface area contributed by atoms with Gasteiger partial charge in [0, 0.05) is 29.9 Å².